The lowest BCUT2D eigenvalue weighted by Gasteiger charge is -2.12. The second-order valence-electron chi connectivity index (χ2n) is 4.05. The number of rotatable bonds is 7. The third kappa shape index (κ3) is 4.46. The van der Waals surface area contributed by atoms with Crippen LogP contribution in [0.5, 0.6) is 5.75 Å². The van der Waals surface area contributed by atoms with Gasteiger partial charge in [0.05, 0.1) is 24.2 Å². The first-order valence-electron chi connectivity index (χ1n) is 5.92. The van der Waals surface area contributed by atoms with E-state index in [2.05, 4.69) is 4.72 Å². The molecule has 108 valence electrons. The molecule has 0 fully saturated rings. The standard InChI is InChI=1S/C12H19NO5S/c1-3-18-12-5-4-11(6-9(12)2)19(16,17)13-7-10(15)8-14/h4-6,10,13-15H,3,7-8H2,1-2H3. The van der Waals surface area contributed by atoms with Crippen LogP contribution in [0.4, 0.5) is 0 Å². The number of benzene rings is 1. The van der Waals surface area contributed by atoms with E-state index >= 15 is 0 Å². The number of hydrogen-bond donors (Lipinski definition) is 3. The minimum absolute atomic E-state index is 0.0959. The molecule has 1 atom stereocenters. The number of aliphatic hydroxyl groups is 2. The van der Waals surface area contributed by atoms with Gasteiger partial charge in [-0.05, 0) is 37.6 Å². The van der Waals surface area contributed by atoms with Crippen LogP contribution < -0.4 is 9.46 Å². The minimum Gasteiger partial charge on any atom is -0.494 e. The van der Waals surface area contributed by atoms with Crippen LogP contribution in [0.25, 0.3) is 0 Å². The van der Waals surface area contributed by atoms with Gasteiger partial charge in [-0.3, -0.25) is 0 Å². The lowest BCUT2D eigenvalue weighted by Crippen LogP contribution is -2.33. The summed E-state index contributed by atoms with van der Waals surface area (Å²) >= 11 is 0. The van der Waals surface area contributed by atoms with E-state index in [-0.39, 0.29) is 11.4 Å². The molecule has 3 N–H and O–H groups in total. The summed E-state index contributed by atoms with van der Waals surface area (Å²) in [5, 5.41) is 17.8. The molecule has 0 radical (unpaired) electrons. The van der Waals surface area contributed by atoms with Crippen LogP contribution in [0.15, 0.2) is 23.1 Å². The number of aryl methyl sites for hydroxylation is 1. The highest BCUT2D eigenvalue weighted by molar-refractivity contribution is 7.89. The first kappa shape index (κ1) is 15.9. The van der Waals surface area contributed by atoms with Gasteiger partial charge in [-0.25, -0.2) is 13.1 Å². The summed E-state index contributed by atoms with van der Waals surface area (Å²) in [6.07, 6.45) is -1.11. The van der Waals surface area contributed by atoms with Gasteiger partial charge in [0, 0.05) is 6.54 Å². The Morgan fingerprint density at radius 2 is 2.11 bits per heavy atom. The van der Waals surface area contributed by atoms with E-state index in [9.17, 15) is 8.42 Å². The Balaban J connectivity index is 2.87. The number of ether oxygens (including phenoxy) is 1. The molecule has 0 bridgehead atoms. The van der Waals surface area contributed by atoms with Gasteiger partial charge in [0.15, 0.2) is 0 Å². The summed E-state index contributed by atoms with van der Waals surface area (Å²) in [4.78, 5) is 0.0959. The fraction of sp³-hybridized carbons (Fsp3) is 0.500. The van der Waals surface area contributed by atoms with Crippen molar-refractivity contribution in [1.29, 1.82) is 0 Å². The Bertz CT molecular complexity index is 515. The molecule has 19 heavy (non-hydrogen) atoms. The Morgan fingerprint density at radius 3 is 2.63 bits per heavy atom. The zero-order valence-electron chi connectivity index (χ0n) is 11.0. The van der Waals surface area contributed by atoms with E-state index in [4.69, 9.17) is 14.9 Å². The van der Waals surface area contributed by atoms with Gasteiger partial charge in [0.2, 0.25) is 10.0 Å². The zero-order valence-corrected chi connectivity index (χ0v) is 11.8. The molecule has 0 aromatic heterocycles. The molecular weight excluding hydrogens is 270 g/mol. The van der Waals surface area contributed by atoms with Gasteiger partial charge in [0.25, 0.3) is 0 Å². The summed E-state index contributed by atoms with van der Waals surface area (Å²) in [6, 6.07) is 4.53. The fourth-order valence-electron chi connectivity index (χ4n) is 1.46. The summed E-state index contributed by atoms with van der Waals surface area (Å²) in [5.41, 5.74) is 0.715. The Labute approximate surface area is 113 Å². The maximum atomic E-state index is 11.9. The van der Waals surface area contributed by atoms with E-state index in [1.165, 1.54) is 12.1 Å². The van der Waals surface area contributed by atoms with Crippen LogP contribution in [0.2, 0.25) is 0 Å². The second-order valence-corrected chi connectivity index (χ2v) is 5.82. The highest BCUT2D eigenvalue weighted by Gasteiger charge is 2.16. The normalized spacial score (nSPS) is 13.3. The predicted octanol–water partition coefficient (Wildman–Crippen LogP) is 0.0252. The molecule has 0 spiro atoms. The lowest BCUT2D eigenvalue weighted by molar-refractivity contribution is 0.0988. The van der Waals surface area contributed by atoms with Crippen molar-refractivity contribution in [1.82, 2.24) is 4.72 Å². The molecule has 0 aliphatic carbocycles. The van der Waals surface area contributed by atoms with Gasteiger partial charge in [0.1, 0.15) is 5.75 Å². The minimum atomic E-state index is -3.70. The maximum absolute atomic E-state index is 11.9. The molecule has 7 heteroatoms. The van der Waals surface area contributed by atoms with E-state index in [0.29, 0.717) is 17.9 Å². The Hall–Kier alpha value is -1.15. The van der Waals surface area contributed by atoms with E-state index in [1.807, 2.05) is 6.92 Å². The average molecular weight is 289 g/mol. The highest BCUT2D eigenvalue weighted by Crippen LogP contribution is 2.21. The quantitative estimate of drug-likeness (QED) is 0.658. The van der Waals surface area contributed by atoms with Crippen molar-refractivity contribution in [3.8, 4) is 5.75 Å². The fourth-order valence-corrected chi connectivity index (χ4v) is 2.62. The van der Waals surface area contributed by atoms with Crippen LogP contribution in [-0.4, -0.2) is 44.5 Å². The SMILES string of the molecule is CCOc1ccc(S(=O)(=O)NCC(O)CO)cc1C. The molecule has 0 aliphatic heterocycles. The molecular formula is C12H19NO5S. The van der Waals surface area contributed by atoms with Gasteiger partial charge in [-0.2, -0.15) is 0 Å². The molecule has 1 aromatic carbocycles. The molecule has 1 aromatic rings. The predicted molar refractivity (Wildman–Crippen MR) is 70.6 cm³/mol. The third-order valence-corrected chi connectivity index (χ3v) is 3.90. The van der Waals surface area contributed by atoms with Crippen molar-refractivity contribution in [2.75, 3.05) is 19.8 Å². The van der Waals surface area contributed by atoms with Crippen molar-refractivity contribution in [3.05, 3.63) is 23.8 Å². The Kier molecular flexibility index (Phi) is 5.74. The summed E-state index contributed by atoms with van der Waals surface area (Å²) < 4.78 is 31.4. The van der Waals surface area contributed by atoms with Gasteiger partial charge < -0.3 is 14.9 Å². The number of hydrogen-bond acceptors (Lipinski definition) is 5. The maximum Gasteiger partial charge on any atom is 0.240 e. The molecule has 6 nitrogen and oxygen atoms in total. The first-order chi connectivity index (χ1) is 8.90. The van der Waals surface area contributed by atoms with Crippen molar-refractivity contribution >= 4 is 10.0 Å². The summed E-state index contributed by atoms with van der Waals surface area (Å²) in [6.45, 7) is 3.39. The van der Waals surface area contributed by atoms with E-state index in [0.717, 1.165) is 0 Å². The largest absolute Gasteiger partial charge is 0.494 e. The topological polar surface area (TPSA) is 95.9 Å². The van der Waals surface area contributed by atoms with E-state index < -0.39 is 22.7 Å². The molecule has 0 heterocycles. The highest BCUT2D eigenvalue weighted by atomic mass is 32.2. The van der Waals surface area contributed by atoms with Crippen molar-refractivity contribution in [2.45, 2.75) is 24.8 Å². The molecule has 0 aliphatic rings. The smallest absolute Gasteiger partial charge is 0.240 e. The monoisotopic (exact) mass is 289 g/mol. The number of sulfonamides is 1. The average Bonchev–Trinajstić information content (AvgIpc) is 2.38. The number of aliphatic hydroxyl groups excluding tert-OH is 2. The van der Waals surface area contributed by atoms with Crippen molar-refractivity contribution in [2.24, 2.45) is 0 Å². The Morgan fingerprint density at radius 1 is 1.42 bits per heavy atom. The summed E-state index contributed by atoms with van der Waals surface area (Å²) in [5.74, 6) is 0.636. The molecule has 0 saturated carbocycles. The molecule has 0 amide bonds. The van der Waals surface area contributed by atoms with Crippen LogP contribution in [0.3, 0.4) is 0 Å². The molecule has 1 unspecified atom stereocenters. The van der Waals surface area contributed by atoms with Gasteiger partial charge >= 0.3 is 0 Å². The van der Waals surface area contributed by atoms with Crippen LogP contribution in [0, 0.1) is 6.92 Å². The van der Waals surface area contributed by atoms with Crippen LogP contribution in [0.1, 0.15) is 12.5 Å². The van der Waals surface area contributed by atoms with E-state index in [1.54, 1.807) is 13.0 Å². The molecule has 1 rings (SSSR count). The van der Waals surface area contributed by atoms with Crippen molar-refractivity contribution < 1.29 is 23.4 Å². The lowest BCUT2D eigenvalue weighted by atomic mass is 10.2. The molecule has 0 saturated heterocycles. The van der Waals surface area contributed by atoms with Gasteiger partial charge in [-0.15, -0.1) is 0 Å². The van der Waals surface area contributed by atoms with Crippen LogP contribution >= 0.6 is 0 Å². The second kappa shape index (κ2) is 6.85. The van der Waals surface area contributed by atoms with Gasteiger partial charge in [-0.1, -0.05) is 0 Å². The number of nitrogens with one attached hydrogen (secondary N) is 1. The first-order valence-corrected chi connectivity index (χ1v) is 7.41. The van der Waals surface area contributed by atoms with Crippen LogP contribution in [-0.2, 0) is 10.0 Å². The zero-order chi connectivity index (χ0) is 14.5. The van der Waals surface area contributed by atoms with Crippen molar-refractivity contribution in [3.63, 3.8) is 0 Å². The third-order valence-electron chi connectivity index (χ3n) is 2.48. The summed E-state index contributed by atoms with van der Waals surface area (Å²) in [7, 11) is -3.70.